The van der Waals surface area contributed by atoms with Crippen LogP contribution in [0.3, 0.4) is 0 Å². The Kier molecular flexibility index (Phi) is 3.36. The molecule has 20 heavy (non-hydrogen) atoms. The number of benzene rings is 1. The number of likely N-dealkylation sites (tertiary alicyclic amines) is 1. The molecule has 110 valence electrons. The molecular formula is C15H21NO4. The van der Waals surface area contributed by atoms with E-state index in [-0.39, 0.29) is 6.79 Å². The molecule has 0 bridgehead atoms. The first-order valence-corrected chi connectivity index (χ1v) is 6.97. The second-order valence-electron chi connectivity index (χ2n) is 5.99. The first-order valence-electron chi connectivity index (χ1n) is 6.97. The molecule has 2 aliphatic heterocycles. The maximum absolute atomic E-state index is 10.00. The largest absolute Gasteiger partial charge is 0.454 e. The summed E-state index contributed by atoms with van der Waals surface area (Å²) >= 11 is 0. The summed E-state index contributed by atoms with van der Waals surface area (Å²) in [7, 11) is 0. The van der Waals surface area contributed by atoms with Crippen molar-refractivity contribution in [2.45, 2.75) is 38.5 Å². The summed E-state index contributed by atoms with van der Waals surface area (Å²) in [4.78, 5) is 2.16. The number of ether oxygens (including phenoxy) is 2. The fourth-order valence-corrected chi connectivity index (χ4v) is 2.72. The lowest BCUT2D eigenvalue weighted by atomic mass is 9.90. The van der Waals surface area contributed by atoms with Gasteiger partial charge in [-0.3, -0.25) is 4.90 Å². The Hall–Kier alpha value is -1.30. The van der Waals surface area contributed by atoms with Gasteiger partial charge in [0.2, 0.25) is 6.79 Å². The minimum Gasteiger partial charge on any atom is -0.454 e. The third kappa shape index (κ3) is 2.49. The fraction of sp³-hybridized carbons (Fsp3) is 0.600. The van der Waals surface area contributed by atoms with Gasteiger partial charge in [-0.05, 0) is 43.5 Å². The Bertz CT molecular complexity index is 515. The number of hydrogen-bond donors (Lipinski definition) is 2. The van der Waals surface area contributed by atoms with Gasteiger partial charge in [-0.15, -0.1) is 0 Å². The van der Waals surface area contributed by atoms with Crippen LogP contribution < -0.4 is 9.47 Å². The molecule has 0 aliphatic carbocycles. The zero-order valence-electron chi connectivity index (χ0n) is 11.9. The van der Waals surface area contributed by atoms with Gasteiger partial charge in [0.1, 0.15) is 0 Å². The molecule has 0 amide bonds. The minimum absolute atomic E-state index is 0.281. The van der Waals surface area contributed by atoms with Crippen LogP contribution in [0.1, 0.15) is 24.5 Å². The highest BCUT2D eigenvalue weighted by Crippen LogP contribution is 2.35. The zero-order valence-corrected chi connectivity index (χ0v) is 11.9. The van der Waals surface area contributed by atoms with E-state index in [2.05, 4.69) is 4.90 Å². The van der Waals surface area contributed by atoms with Crippen molar-refractivity contribution < 1.29 is 19.7 Å². The van der Waals surface area contributed by atoms with Crippen molar-refractivity contribution in [2.24, 2.45) is 0 Å². The molecule has 1 saturated heterocycles. The molecule has 5 heteroatoms. The van der Waals surface area contributed by atoms with E-state index in [9.17, 15) is 10.2 Å². The Labute approximate surface area is 118 Å². The minimum atomic E-state index is -0.972. The van der Waals surface area contributed by atoms with Gasteiger partial charge in [0.25, 0.3) is 0 Å². The van der Waals surface area contributed by atoms with Crippen molar-refractivity contribution >= 4 is 0 Å². The van der Waals surface area contributed by atoms with E-state index in [0.29, 0.717) is 13.0 Å². The lowest BCUT2D eigenvalue weighted by molar-refractivity contribution is -0.108. The summed E-state index contributed by atoms with van der Waals surface area (Å²) < 4.78 is 10.8. The van der Waals surface area contributed by atoms with E-state index in [1.807, 2.05) is 19.1 Å². The molecule has 1 aromatic rings. The van der Waals surface area contributed by atoms with Crippen LogP contribution in [0, 0.1) is 6.92 Å². The number of aryl methyl sites for hydroxylation is 1. The molecule has 0 aromatic heterocycles. The first-order chi connectivity index (χ1) is 9.45. The van der Waals surface area contributed by atoms with Gasteiger partial charge in [0.15, 0.2) is 11.5 Å². The van der Waals surface area contributed by atoms with Crippen molar-refractivity contribution in [2.75, 3.05) is 19.9 Å². The highest BCUT2D eigenvalue weighted by Gasteiger charge is 2.36. The summed E-state index contributed by atoms with van der Waals surface area (Å²) in [5.41, 5.74) is 1.35. The van der Waals surface area contributed by atoms with E-state index < -0.39 is 11.7 Å². The monoisotopic (exact) mass is 279 g/mol. The summed E-state index contributed by atoms with van der Waals surface area (Å²) in [6, 6.07) is 4.00. The lowest BCUT2D eigenvalue weighted by Crippen LogP contribution is -2.53. The van der Waals surface area contributed by atoms with Gasteiger partial charge in [-0.2, -0.15) is 0 Å². The molecular weight excluding hydrogens is 258 g/mol. The summed E-state index contributed by atoms with van der Waals surface area (Å²) in [6.07, 6.45) is -0.122. The van der Waals surface area contributed by atoms with Crippen LogP contribution >= 0.6 is 0 Å². The molecule has 2 heterocycles. The number of rotatable bonds is 2. The van der Waals surface area contributed by atoms with Crippen LogP contribution in [0.2, 0.25) is 0 Å². The van der Waals surface area contributed by atoms with Crippen LogP contribution in [0.15, 0.2) is 12.1 Å². The number of aliphatic hydroxyl groups is 2. The number of piperidine rings is 1. The van der Waals surface area contributed by atoms with E-state index in [1.165, 1.54) is 5.56 Å². The molecule has 1 fully saturated rings. The Morgan fingerprint density at radius 1 is 1.35 bits per heavy atom. The smallest absolute Gasteiger partial charge is 0.231 e. The van der Waals surface area contributed by atoms with Crippen molar-refractivity contribution in [1.82, 2.24) is 4.90 Å². The Morgan fingerprint density at radius 2 is 2.05 bits per heavy atom. The van der Waals surface area contributed by atoms with Crippen LogP contribution in [-0.2, 0) is 6.54 Å². The van der Waals surface area contributed by atoms with Crippen LogP contribution in [-0.4, -0.2) is 46.7 Å². The molecule has 0 radical (unpaired) electrons. The second-order valence-corrected chi connectivity index (χ2v) is 5.99. The van der Waals surface area contributed by atoms with Gasteiger partial charge < -0.3 is 19.7 Å². The van der Waals surface area contributed by atoms with Gasteiger partial charge >= 0.3 is 0 Å². The molecule has 2 atom stereocenters. The van der Waals surface area contributed by atoms with Gasteiger partial charge in [0, 0.05) is 19.6 Å². The van der Waals surface area contributed by atoms with Crippen LogP contribution in [0.5, 0.6) is 11.5 Å². The topological polar surface area (TPSA) is 62.2 Å². The van der Waals surface area contributed by atoms with E-state index in [0.717, 1.165) is 30.2 Å². The molecule has 3 rings (SSSR count). The van der Waals surface area contributed by atoms with Crippen molar-refractivity contribution in [1.29, 1.82) is 0 Å². The number of nitrogens with zero attached hydrogens (tertiary/aromatic N) is 1. The van der Waals surface area contributed by atoms with Crippen molar-refractivity contribution in [3.8, 4) is 11.5 Å². The third-order valence-electron chi connectivity index (χ3n) is 4.31. The predicted molar refractivity (Wildman–Crippen MR) is 73.8 cm³/mol. The quantitative estimate of drug-likeness (QED) is 0.847. The highest BCUT2D eigenvalue weighted by molar-refractivity contribution is 5.48. The van der Waals surface area contributed by atoms with E-state index in [4.69, 9.17) is 9.47 Å². The lowest BCUT2D eigenvalue weighted by Gasteiger charge is -2.40. The zero-order chi connectivity index (χ0) is 14.3. The standard InChI is InChI=1S/C15H21NO4/c1-10-5-12-13(20-9-19-12)6-11(10)7-16-4-3-15(2,18)14(17)8-16/h5-6,14,17-18H,3-4,7-9H2,1-2H3/t14-,15-/m1/s1. The third-order valence-corrected chi connectivity index (χ3v) is 4.31. The van der Waals surface area contributed by atoms with Crippen molar-refractivity contribution in [3.05, 3.63) is 23.3 Å². The molecule has 2 aliphatic rings. The van der Waals surface area contributed by atoms with E-state index in [1.54, 1.807) is 6.92 Å². The fourth-order valence-electron chi connectivity index (χ4n) is 2.72. The van der Waals surface area contributed by atoms with Gasteiger partial charge in [0.05, 0.1) is 11.7 Å². The van der Waals surface area contributed by atoms with E-state index >= 15 is 0 Å². The molecule has 1 aromatic carbocycles. The predicted octanol–water partition coefficient (Wildman–Crippen LogP) is 1.04. The summed E-state index contributed by atoms with van der Waals surface area (Å²) in [6.45, 7) is 6.03. The molecule has 2 N–H and O–H groups in total. The average Bonchev–Trinajstić information content (AvgIpc) is 2.82. The number of fused-ring (bicyclic) bond motifs is 1. The first kappa shape index (κ1) is 13.7. The molecule has 5 nitrogen and oxygen atoms in total. The maximum atomic E-state index is 10.00. The number of hydrogen-bond acceptors (Lipinski definition) is 5. The molecule has 0 spiro atoms. The average molecular weight is 279 g/mol. The summed E-state index contributed by atoms with van der Waals surface area (Å²) in [5.74, 6) is 1.59. The SMILES string of the molecule is Cc1cc2c(cc1CN1CC[C@@](C)(O)[C@H](O)C1)OCO2. The van der Waals surface area contributed by atoms with Crippen LogP contribution in [0.4, 0.5) is 0 Å². The Morgan fingerprint density at radius 3 is 2.75 bits per heavy atom. The normalized spacial score (nSPS) is 29.7. The summed E-state index contributed by atoms with van der Waals surface area (Å²) in [5, 5.41) is 20.0. The number of aliphatic hydroxyl groups excluding tert-OH is 1. The van der Waals surface area contributed by atoms with Gasteiger partial charge in [-0.25, -0.2) is 0 Å². The van der Waals surface area contributed by atoms with Gasteiger partial charge in [-0.1, -0.05) is 0 Å². The maximum Gasteiger partial charge on any atom is 0.231 e. The second kappa shape index (κ2) is 4.91. The highest BCUT2D eigenvalue weighted by atomic mass is 16.7. The Balaban J connectivity index is 1.73. The number of β-amino-alcohol motifs (C(OH)–C–C–N with tert-alkyl or cyclic N) is 1. The van der Waals surface area contributed by atoms with Crippen LogP contribution in [0.25, 0.3) is 0 Å². The van der Waals surface area contributed by atoms with Crippen molar-refractivity contribution in [3.63, 3.8) is 0 Å². The molecule has 0 saturated carbocycles. The molecule has 0 unspecified atom stereocenters.